The maximum atomic E-state index is 11.1. The van der Waals surface area contributed by atoms with Gasteiger partial charge in [-0.05, 0) is 0 Å². The van der Waals surface area contributed by atoms with Crippen molar-refractivity contribution in [3.05, 3.63) is 4.84 Å². The van der Waals surface area contributed by atoms with Crippen LogP contribution in [0.3, 0.4) is 0 Å². The van der Waals surface area contributed by atoms with E-state index < -0.39 is 6.67 Å². The molecule has 37 valence electrons. The van der Waals surface area contributed by atoms with E-state index in [-0.39, 0.29) is 11.3 Å². The van der Waals surface area contributed by atoms with E-state index in [1.54, 1.807) is 0 Å². The molecule has 0 aromatic heterocycles. The third-order valence-electron chi connectivity index (χ3n) is 0.283. The van der Waals surface area contributed by atoms with Crippen molar-refractivity contribution in [1.82, 2.24) is 0 Å². The normalized spacial score (nSPS) is 10.0. The number of alkyl halides is 1. The largest absolute Gasteiger partial charge is 0.251 e. The fourth-order valence-corrected chi connectivity index (χ4v) is 0.214. The highest BCUT2D eigenvalue weighted by Gasteiger charge is 1.95. The summed E-state index contributed by atoms with van der Waals surface area (Å²) in [6, 6.07) is 0. The topological polar surface area (TPSA) is 0 Å². The molecular formula is C3H4Cl2F. The first-order valence-corrected chi connectivity index (χ1v) is 2.25. The second kappa shape index (κ2) is 3.69. The molecule has 0 bridgehead atoms. The fourth-order valence-electron chi connectivity index (χ4n) is 0.0714. The molecule has 0 aromatic carbocycles. The lowest BCUT2D eigenvalue weighted by Crippen LogP contribution is -1.75. The molecule has 1 radical (unpaired) electrons. The van der Waals surface area contributed by atoms with Crippen LogP contribution < -0.4 is 0 Å². The molecule has 6 heavy (non-hydrogen) atoms. The van der Waals surface area contributed by atoms with Gasteiger partial charge < -0.3 is 0 Å². The highest BCUT2D eigenvalue weighted by molar-refractivity contribution is 6.52. The Kier molecular flexibility index (Phi) is 4.01. The van der Waals surface area contributed by atoms with Gasteiger partial charge >= 0.3 is 0 Å². The van der Waals surface area contributed by atoms with Crippen LogP contribution in [0.15, 0.2) is 0 Å². The summed E-state index contributed by atoms with van der Waals surface area (Å²) in [6.45, 7) is -0.470. The van der Waals surface area contributed by atoms with E-state index in [0.29, 0.717) is 0 Å². The van der Waals surface area contributed by atoms with Crippen LogP contribution in [0.5, 0.6) is 0 Å². The maximum absolute atomic E-state index is 11.1. The summed E-state index contributed by atoms with van der Waals surface area (Å²) < 4.78 is 11.1. The first kappa shape index (κ1) is 6.51. The van der Waals surface area contributed by atoms with Gasteiger partial charge in [-0.15, -0.1) is 0 Å². The Morgan fingerprint density at radius 3 is 2.00 bits per heavy atom. The summed E-state index contributed by atoms with van der Waals surface area (Å²) in [5.74, 6) is 0. The minimum Gasteiger partial charge on any atom is -0.251 e. The van der Waals surface area contributed by atoms with E-state index in [4.69, 9.17) is 23.2 Å². The van der Waals surface area contributed by atoms with E-state index in [1.807, 2.05) is 0 Å². The second-order valence-corrected chi connectivity index (χ2v) is 1.88. The Bertz CT molecular complexity index is 30.0. The Labute approximate surface area is 46.2 Å². The average Bonchev–Trinajstić information content (AvgIpc) is 1.35. The van der Waals surface area contributed by atoms with Crippen molar-refractivity contribution in [1.29, 1.82) is 0 Å². The second-order valence-electron chi connectivity index (χ2n) is 0.778. The third kappa shape index (κ3) is 4.51. The summed E-state index contributed by atoms with van der Waals surface area (Å²) in [4.78, 5) is 0.109. The molecule has 3 heteroatoms. The van der Waals surface area contributed by atoms with Crippen LogP contribution in [-0.4, -0.2) is 6.67 Å². The molecule has 0 saturated carbocycles. The number of halogens is 3. The van der Waals surface area contributed by atoms with Gasteiger partial charge in [-0.25, -0.2) is 0 Å². The van der Waals surface area contributed by atoms with E-state index in [0.717, 1.165) is 0 Å². The molecule has 0 atom stereocenters. The van der Waals surface area contributed by atoms with Crippen LogP contribution in [0.25, 0.3) is 0 Å². The number of hydrogen-bond donors (Lipinski definition) is 0. The lowest BCUT2D eigenvalue weighted by atomic mass is 10.5. The van der Waals surface area contributed by atoms with E-state index in [9.17, 15) is 4.39 Å². The van der Waals surface area contributed by atoms with Crippen molar-refractivity contribution in [3.8, 4) is 0 Å². The van der Waals surface area contributed by atoms with E-state index in [1.165, 1.54) is 0 Å². The minimum absolute atomic E-state index is 0.109. The van der Waals surface area contributed by atoms with Crippen LogP contribution in [0.2, 0.25) is 0 Å². The standard InChI is InChI=1S/C3H4Cl2F/c4-3(5)1-2-6/h1-2H2. The van der Waals surface area contributed by atoms with Gasteiger partial charge in [0.05, 0.1) is 6.67 Å². The Balaban J connectivity index is 2.63. The fraction of sp³-hybridized carbons (Fsp3) is 0.667. The van der Waals surface area contributed by atoms with Crippen molar-refractivity contribution < 1.29 is 4.39 Å². The summed E-state index contributed by atoms with van der Waals surface area (Å²) in [5, 5.41) is 0. The highest BCUT2D eigenvalue weighted by atomic mass is 35.5. The van der Waals surface area contributed by atoms with Crippen molar-refractivity contribution in [2.45, 2.75) is 6.42 Å². The Hall–Kier alpha value is 0.510. The van der Waals surface area contributed by atoms with Crippen LogP contribution in [0.1, 0.15) is 6.42 Å². The molecule has 0 spiro atoms. The lowest BCUT2D eigenvalue weighted by Gasteiger charge is -1.86. The molecule has 0 amide bonds. The quantitative estimate of drug-likeness (QED) is 0.537. The molecule has 0 rings (SSSR count). The van der Waals surface area contributed by atoms with Gasteiger partial charge in [-0.2, -0.15) is 0 Å². The Morgan fingerprint density at radius 1 is 1.50 bits per heavy atom. The van der Waals surface area contributed by atoms with Crippen molar-refractivity contribution in [3.63, 3.8) is 0 Å². The zero-order valence-corrected chi connectivity index (χ0v) is 4.56. The maximum Gasteiger partial charge on any atom is 0.153 e. The smallest absolute Gasteiger partial charge is 0.153 e. The minimum atomic E-state index is -0.470. The van der Waals surface area contributed by atoms with Gasteiger partial charge in [0, 0.05) is 6.42 Å². The molecule has 0 saturated heterocycles. The molecule has 0 unspecified atom stereocenters. The highest BCUT2D eigenvalue weighted by Crippen LogP contribution is 2.15. The SMILES string of the molecule is FCC[C](Cl)Cl. The number of rotatable bonds is 2. The first-order chi connectivity index (χ1) is 2.77. The number of hydrogen-bond acceptors (Lipinski definition) is 0. The predicted molar refractivity (Wildman–Crippen MR) is 25.5 cm³/mol. The van der Waals surface area contributed by atoms with Crippen LogP contribution >= 0.6 is 23.2 Å². The van der Waals surface area contributed by atoms with Gasteiger partial charge in [-0.3, -0.25) is 4.39 Å². The van der Waals surface area contributed by atoms with Crippen LogP contribution in [0.4, 0.5) is 4.39 Å². The van der Waals surface area contributed by atoms with Gasteiger partial charge in [0.1, 0.15) is 0 Å². The molecule has 0 aliphatic carbocycles. The molecule has 0 heterocycles. The lowest BCUT2D eigenvalue weighted by molar-refractivity contribution is 0.495. The van der Waals surface area contributed by atoms with Gasteiger partial charge in [-0.1, -0.05) is 23.2 Å². The molecule has 0 fully saturated rings. The van der Waals surface area contributed by atoms with Crippen molar-refractivity contribution in [2.24, 2.45) is 0 Å². The molecule has 0 aromatic rings. The molecule has 0 nitrogen and oxygen atoms in total. The van der Waals surface area contributed by atoms with Crippen molar-refractivity contribution in [2.75, 3.05) is 6.67 Å². The van der Waals surface area contributed by atoms with Gasteiger partial charge in [0.2, 0.25) is 0 Å². The summed E-state index contributed by atoms with van der Waals surface area (Å²) in [7, 11) is 0. The zero-order valence-electron chi connectivity index (χ0n) is 3.05. The van der Waals surface area contributed by atoms with E-state index >= 15 is 0 Å². The summed E-state index contributed by atoms with van der Waals surface area (Å²) >= 11 is 10.0. The third-order valence-corrected chi connectivity index (χ3v) is 0.661. The van der Waals surface area contributed by atoms with Crippen molar-refractivity contribution >= 4 is 23.2 Å². The monoisotopic (exact) mass is 129 g/mol. The molecule has 0 aliphatic heterocycles. The van der Waals surface area contributed by atoms with Gasteiger partial charge in [0.15, 0.2) is 4.84 Å². The molecule has 0 N–H and O–H groups in total. The molecule has 0 aliphatic rings. The van der Waals surface area contributed by atoms with Crippen LogP contribution in [-0.2, 0) is 0 Å². The predicted octanol–water partition coefficient (Wildman–Crippen LogP) is 2.31. The van der Waals surface area contributed by atoms with E-state index in [2.05, 4.69) is 0 Å². The summed E-state index contributed by atoms with van der Waals surface area (Å²) in [5.41, 5.74) is 0. The summed E-state index contributed by atoms with van der Waals surface area (Å²) in [6.07, 6.45) is 0.156. The van der Waals surface area contributed by atoms with Gasteiger partial charge in [0.25, 0.3) is 0 Å². The average molecular weight is 130 g/mol. The zero-order chi connectivity index (χ0) is 4.99. The molecular weight excluding hydrogens is 126 g/mol. The first-order valence-electron chi connectivity index (χ1n) is 1.50. The Morgan fingerprint density at radius 2 is 2.00 bits per heavy atom. The van der Waals surface area contributed by atoms with Crippen LogP contribution in [0, 0.1) is 4.84 Å².